The highest BCUT2D eigenvalue weighted by Gasteiger charge is 2.36. The Labute approximate surface area is 265 Å². The zero-order chi connectivity index (χ0) is 31.9. The lowest BCUT2D eigenvalue weighted by Gasteiger charge is -2.23. The Bertz CT molecular complexity index is 1600. The van der Waals surface area contributed by atoms with E-state index in [4.69, 9.17) is 0 Å². The first-order chi connectivity index (χ1) is 22.5. The topological polar surface area (TPSA) is 150 Å². The van der Waals surface area contributed by atoms with Crippen LogP contribution in [0.1, 0.15) is 57.8 Å². The van der Waals surface area contributed by atoms with Crippen molar-refractivity contribution >= 4 is 47.2 Å². The first-order valence-electron chi connectivity index (χ1n) is 15.1. The van der Waals surface area contributed by atoms with Crippen molar-refractivity contribution < 1.29 is 19.2 Å². The van der Waals surface area contributed by atoms with Crippen LogP contribution in [0.15, 0.2) is 85.7 Å². The third-order valence-electron chi connectivity index (χ3n) is 8.02. The van der Waals surface area contributed by atoms with Gasteiger partial charge < -0.3 is 20.4 Å². The van der Waals surface area contributed by atoms with E-state index < -0.39 is 12.1 Å². The number of benzene rings is 2. The van der Waals surface area contributed by atoms with Crippen LogP contribution in [-0.2, 0) is 9.59 Å². The fourth-order valence-electron chi connectivity index (χ4n) is 5.68. The van der Waals surface area contributed by atoms with Crippen LogP contribution in [0, 0.1) is 0 Å². The molecule has 4 amide bonds. The molecule has 2 atom stereocenters. The van der Waals surface area contributed by atoms with Gasteiger partial charge >= 0.3 is 0 Å². The zero-order valence-electron chi connectivity index (χ0n) is 25.0. The summed E-state index contributed by atoms with van der Waals surface area (Å²) in [6.45, 7) is 0.991. The summed E-state index contributed by atoms with van der Waals surface area (Å²) in [4.78, 5) is 70.9. The molecule has 2 saturated heterocycles. The van der Waals surface area contributed by atoms with Gasteiger partial charge in [-0.2, -0.15) is 0 Å². The molecule has 4 heterocycles. The van der Waals surface area contributed by atoms with Crippen LogP contribution >= 0.6 is 0 Å². The lowest BCUT2D eigenvalue weighted by atomic mass is 10.1. The Morgan fingerprint density at radius 2 is 1.02 bits per heavy atom. The number of rotatable bonds is 8. The van der Waals surface area contributed by atoms with E-state index in [1.54, 1.807) is 9.80 Å². The zero-order valence-corrected chi connectivity index (χ0v) is 25.0. The van der Waals surface area contributed by atoms with Crippen LogP contribution in [-0.4, -0.2) is 78.5 Å². The number of hydrogen-bond acceptors (Lipinski definition) is 8. The van der Waals surface area contributed by atoms with E-state index in [0.29, 0.717) is 37.3 Å². The number of carbonyl (C=O) groups excluding carboxylic acids is 4. The molecule has 0 bridgehead atoms. The quantitative estimate of drug-likeness (QED) is 0.283. The van der Waals surface area contributed by atoms with Crippen LogP contribution in [0.5, 0.6) is 0 Å². The number of hydrogen-bond donors (Lipinski definition) is 2. The van der Waals surface area contributed by atoms with Gasteiger partial charge in [0, 0.05) is 49.3 Å². The minimum atomic E-state index is -0.564. The first-order valence-corrected chi connectivity index (χ1v) is 15.1. The van der Waals surface area contributed by atoms with Gasteiger partial charge in [0.15, 0.2) is 0 Å². The van der Waals surface area contributed by atoms with Crippen LogP contribution in [0.2, 0.25) is 0 Å². The molecule has 232 valence electrons. The summed E-state index contributed by atoms with van der Waals surface area (Å²) in [5, 5.41) is 5.85. The van der Waals surface area contributed by atoms with Gasteiger partial charge in [-0.1, -0.05) is 36.4 Å². The van der Waals surface area contributed by atoms with Crippen molar-refractivity contribution in [2.75, 3.05) is 23.7 Å². The summed E-state index contributed by atoms with van der Waals surface area (Å²) in [6, 6.07) is 13.7. The van der Waals surface area contributed by atoms with Gasteiger partial charge in [-0.25, -0.2) is 9.97 Å². The average Bonchev–Trinajstić information content (AvgIpc) is 3.80. The van der Waals surface area contributed by atoms with Crippen molar-refractivity contribution in [1.82, 2.24) is 29.7 Å². The Hall–Kier alpha value is -5.78. The van der Waals surface area contributed by atoms with Crippen molar-refractivity contribution in [3.05, 3.63) is 108 Å². The Morgan fingerprint density at radius 1 is 0.609 bits per heavy atom. The van der Waals surface area contributed by atoms with E-state index in [1.807, 2.05) is 60.7 Å². The molecule has 2 aliphatic heterocycles. The molecule has 2 aromatic heterocycles. The van der Waals surface area contributed by atoms with E-state index in [0.717, 1.165) is 24.0 Å². The van der Waals surface area contributed by atoms with Crippen molar-refractivity contribution in [2.24, 2.45) is 0 Å². The van der Waals surface area contributed by atoms with Gasteiger partial charge in [-0.3, -0.25) is 29.1 Å². The summed E-state index contributed by atoms with van der Waals surface area (Å²) in [5.74, 6) is -1.06. The molecule has 6 rings (SSSR count). The molecule has 2 fully saturated rings. The Kier molecular flexibility index (Phi) is 9.14. The van der Waals surface area contributed by atoms with Crippen molar-refractivity contribution in [1.29, 1.82) is 0 Å². The molecule has 12 nitrogen and oxygen atoms in total. The molecule has 12 heteroatoms. The summed E-state index contributed by atoms with van der Waals surface area (Å²) >= 11 is 0. The maximum absolute atomic E-state index is 13.0. The molecule has 0 unspecified atom stereocenters. The van der Waals surface area contributed by atoms with Gasteiger partial charge in [-0.05, 0) is 61.1 Å². The van der Waals surface area contributed by atoms with Crippen molar-refractivity contribution in [2.45, 2.75) is 37.8 Å². The molecule has 2 N–H and O–H groups in total. The highest BCUT2D eigenvalue weighted by molar-refractivity contribution is 6.01. The number of aromatic nitrogens is 4. The van der Waals surface area contributed by atoms with Gasteiger partial charge in [0.2, 0.25) is 11.8 Å². The fourth-order valence-corrected chi connectivity index (χ4v) is 5.68. The van der Waals surface area contributed by atoms with Crippen molar-refractivity contribution in [3.63, 3.8) is 0 Å². The van der Waals surface area contributed by atoms with Crippen LogP contribution in [0.25, 0.3) is 12.2 Å². The number of anilines is 2. The number of carbonyl (C=O) groups is 4. The van der Waals surface area contributed by atoms with Crippen LogP contribution < -0.4 is 10.6 Å². The molecule has 0 saturated carbocycles. The number of nitrogens with zero attached hydrogens (tertiary/aromatic N) is 6. The predicted molar refractivity (Wildman–Crippen MR) is 171 cm³/mol. The highest BCUT2D eigenvalue weighted by Crippen LogP contribution is 2.23. The molecular weight excluding hydrogens is 584 g/mol. The highest BCUT2D eigenvalue weighted by atomic mass is 16.2. The van der Waals surface area contributed by atoms with Crippen LogP contribution in [0.3, 0.4) is 0 Å². The van der Waals surface area contributed by atoms with Gasteiger partial charge in [-0.15, -0.1) is 0 Å². The van der Waals surface area contributed by atoms with E-state index in [9.17, 15) is 19.2 Å². The molecule has 2 aliphatic rings. The van der Waals surface area contributed by atoms with E-state index >= 15 is 0 Å². The SMILES string of the molecule is O=C(Nc1ccc(C=Cc2ccc(NC(=O)[C@@H]3CCCN3C(=O)c3cnccn3)cc2)cc1)[C@@H]1CCCN1C(=O)c1cnccn1. The smallest absolute Gasteiger partial charge is 0.274 e. The average molecular weight is 617 g/mol. The molecule has 0 spiro atoms. The fraction of sp³-hybridized carbons (Fsp3) is 0.235. The summed E-state index contributed by atoms with van der Waals surface area (Å²) in [6.07, 6.45) is 15.3. The van der Waals surface area contributed by atoms with Gasteiger partial charge in [0.25, 0.3) is 11.8 Å². The monoisotopic (exact) mass is 616 g/mol. The number of amides is 4. The molecular formula is C34H32N8O4. The second-order valence-corrected chi connectivity index (χ2v) is 11.1. The summed E-state index contributed by atoms with van der Waals surface area (Å²) in [5.41, 5.74) is 3.60. The molecule has 0 aliphatic carbocycles. The molecule has 46 heavy (non-hydrogen) atoms. The number of nitrogens with one attached hydrogen (secondary N) is 2. The van der Waals surface area contributed by atoms with E-state index in [2.05, 4.69) is 30.6 Å². The largest absolute Gasteiger partial charge is 0.325 e. The van der Waals surface area contributed by atoms with E-state index in [-0.39, 0.29) is 35.0 Å². The maximum Gasteiger partial charge on any atom is 0.274 e. The van der Waals surface area contributed by atoms with E-state index in [1.165, 1.54) is 37.2 Å². The van der Waals surface area contributed by atoms with Gasteiger partial charge in [0.05, 0.1) is 12.4 Å². The second-order valence-electron chi connectivity index (χ2n) is 11.1. The third kappa shape index (κ3) is 6.96. The van der Waals surface area contributed by atoms with Gasteiger partial charge in [0.1, 0.15) is 23.5 Å². The van der Waals surface area contributed by atoms with Crippen LogP contribution in [0.4, 0.5) is 11.4 Å². The lowest BCUT2D eigenvalue weighted by molar-refractivity contribution is -0.120. The minimum Gasteiger partial charge on any atom is -0.325 e. The Balaban J connectivity index is 1.01. The Morgan fingerprint density at radius 3 is 1.39 bits per heavy atom. The molecule has 4 aromatic rings. The maximum atomic E-state index is 13.0. The first kappa shape index (κ1) is 30.3. The second kappa shape index (κ2) is 13.9. The molecule has 2 aromatic carbocycles. The third-order valence-corrected chi connectivity index (χ3v) is 8.02. The lowest BCUT2D eigenvalue weighted by Crippen LogP contribution is -2.43. The predicted octanol–water partition coefficient (Wildman–Crippen LogP) is 3.92. The summed E-state index contributed by atoms with van der Waals surface area (Å²) in [7, 11) is 0. The summed E-state index contributed by atoms with van der Waals surface area (Å²) < 4.78 is 0. The number of likely N-dealkylation sites (tertiary alicyclic amines) is 2. The standard InChI is InChI=1S/C34H32N8O4/c43-31(29-3-1-19-41(29)33(45)27-21-35-15-17-37-27)39-25-11-7-23(8-12-25)5-6-24-9-13-26(14-10-24)40-32(44)30-4-2-20-42(30)34(46)28-22-36-16-18-38-28/h5-18,21-22,29-30H,1-4,19-20H2,(H,39,43)(H,40,44)/t29-,30-/m0/s1. The normalized spacial score (nSPS) is 17.7. The van der Waals surface area contributed by atoms with Crippen molar-refractivity contribution in [3.8, 4) is 0 Å². The minimum absolute atomic E-state index is 0.224. The molecule has 0 radical (unpaired) electrons.